The molecular formula is C20H26O. The van der Waals surface area contributed by atoms with Crippen LogP contribution in [-0.4, -0.2) is 11.7 Å². The fourth-order valence-corrected chi connectivity index (χ4v) is 2.75. The molecule has 0 amide bonds. The molecule has 0 heterocycles. The quantitative estimate of drug-likeness (QED) is 0.826. The maximum Gasteiger partial charge on any atom is 0.0465 e. The minimum atomic E-state index is 0.236. The van der Waals surface area contributed by atoms with Gasteiger partial charge >= 0.3 is 0 Å². The van der Waals surface area contributed by atoms with Crippen LogP contribution in [0.1, 0.15) is 42.0 Å². The highest BCUT2D eigenvalue weighted by molar-refractivity contribution is 5.26. The summed E-state index contributed by atoms with van der Waals surface area (Å²) in [7, 11) is 0. The number of hydrogen-bond acceptors (Lipinski definition) is 1. The van der Waals surface area contributed by atoms with Crippen LogP contribution in [0.15, 0.2) is 48.5 Å². The van der Waals surface area contributed by atoms with Gasteiger partial charge in [-0.1, -0.05) is 67.9 Å². The van der Waals surface area contributed by atoms with E-state index in [0.29, 0.717) is 5.92 Å². The molecule has 0 saturated heterocycles. The number of benzene rings is 2. The summed E-state index contributed by atoms with van der Waals surface area (Å²) in [5, 5.41) is 9.66. The Morgan fingerprint density at radius 1 is 0.905 bits per heavy atom. The van der Waals surface area contributed by atoms with Crippen molar-refractivity contribution in [3.05, 3.63) is 70.8 Å². The van der Waals surface area contributed by atoms with Gasteiger partial charge in [0.1, 0.15) is 0 Å². The SMILES string of the molecule is Cc1cccc(CC(CO)Cc2ccc(C(C)C)cc2)c1. The standard InChI is InChI=1S/C20H26O/c1-15(2)20-9-7-17(8-10-20)12-19(14-21)13-18-6-4-5-16(3)11-18/h4-11,15,19,21H,12-14H2,1-3H3. The van der Waals surface area contributed by atoms with Crippen LogP contribution in [0.4, 0.5) is 0 Å². The van der Waals surface area contributed by atoms with Gasteiger partial charge in [-0.3, -0.25) is 0 Å². The summed E-state index contributed by atoms with van der Waals surface area (Å²) in [6.45, 7) is 6.77. The van der Waals surface area contributed by atoms with Crippen molar-refractivity contribution in [3.8, 4) is 0 Å². The first-order valence-electron chi connectivity index (χ1n) is 7.83. The number of aliphatic hydroxyl groups excluding tert-OH is 1. The highest BCUT2D eigenvalue weighted by Gasteiger charge is 2.10. The van der Waals surface area contributed by atoms with Crippen molar-refractivity contribution in [2.45, 2.75) is 39.5 Å². The molecule has 0 aliphatic rings. The first kappa shape index (κ1) is 15.8. The van der Waals surface area contributed by atoms with Gasteiger partial charge in [0, 0.05) is 6.61 Å². The molecule has 0 radical (unpaired) electrons. The zero-order chi connectivity index (χ0) is 15.2. The molecule has 0 bridgehead atoms. The third-order valence-electron chi connectivity index (χ3n) is 4.04. The molecule has 0 saturated carbocycles. The van der Waals surface area contributed by atoms with Crippen molar-refractivity contribution in [1.82, 2.24) is 0 Å². The highest BCUT2D eigenvalue weighted by atomic mass is 16.3. The Hall–Kier alpha value is -1.60. The predicted octanol–water partition coefficient (Wildman–Crippen LogP) is 4.51. The normalized spacial score (nSPS) is 12.6. The maximum atomic E-state index is 9.66. The Balaban J connectivity index is 2.01. The van der Waals surface area contributed by atoms with E-state index in [1.54, 1.807) is 0 Å². The van der Waals surface area contributed by atoms with E-state index >= 15 is 0 Å². The Kier molecular flexibility index (Phi) is 5.58. The van der Waals surface area contributed by atoms with Crippen LogP contribution < -0.4 is 0 Å². The molecule has 1 nitrogen and oxygen atoms in total. The van der Waals surface area contributed by atoms with Gasteiger partial charge in [0.25, 0.3) is 0 Å². The third-order valence-corrected chi connectivity index (χ3v) is 4.04. The molecule has 112 valence electrons. The number of hydrogen-bond donors (Lipinski definition) is 1. The summed E-state index contributed by atoms with van der Waals surface area (Å²) in [4.78, 5) is 0. The lowest BCUT2D eigenvalue weighted by molar-refractivity contribution is 0.225. The van der Waals surface area contributed by atoms with Crippen LogP contribution in [0.2, 0.25) is 0 Å². The van der Waals surface area contributed by atoms with Crippen LogP contribution in [-0.2, 0) is 12.8 Å². The molecule has 0 fully saturated rings. The van der Waals surface area contributed by atoms with E-state index in [2.05, 4.69) is 69.3 Å². The van der Waals surface area contributed by atoms with Crippen LogP contribution in [0.3, 0.4) is 0 Å². The number of rotatable bonds is 6. The van der Waals surface area contributed by atoms with Gasteiger partial charge in [0.05, 0.1) is 0 Å². The topological polar surface area (TPSA) is 20.2 Å². The van der Waals surface area contributed by atoms with E-state index in [0.717, 1.165) is 12.8 Å². The third kappa shape index (κ3) is 4.71. The van der Waals surface area contributed by atoms with E-state index in [4.69, 9.17) is 0 Å². The molecule has 1 heteroatoms. The van der Waals surface area contributed by atoms with Crippen molar-refractivity contribution in [2.75, 3.05) is 6.61 Å². The Morgan fingerprint density at radius 3 is 2.14 bits per heavy atom. The average Bonchev–Trinajstić information content (AvgIpc) is 2.47. The van der Waals surface area contributed by atoms with Gasteiger partial charge in [-0.05, 0) is 48.3 Å². The van der Waals surface area contributed by atoms with Crippen LogP contribution in [0.25, 0.3) is 0 Å². The summed E-state index contributed by atoms with van der Waals surface area (Å²) in [5.41, 5.74) is 5.28. The maximum absolute atomic E-state index is 9.66. The lowest BCUT2D eigenvalue weighted by Crippen LogP contribution is -2.13. The average molecular weight is 282 g/mol. The van der Waals surface area contributed by atoms with E-state index in [1.807, 2.05) is 0 Å². The van der Waals surface area contributed by atoms with Crippen LogP contribution in [0, 0.1) is 12.8 Å². The first-order chi connectivity index (χ1) is 10.1. The summed E-state index contributed by atoms with van der Waals surface area (Å²) in [6, 6.07) is 17.4. The fraction of sp³-hybridized carbons (Fsp3) is 0.400. The van der Waals surface area contributed by atoms with E-state index in [1.165, 1.54) is 22.3 Å². The van der Waals surface area contributed by atoms with Crippen molar-refractivity contribution in [2.24, 2.45) is 5.92 Å². The van der Waals surface area contributed by atoms with E-state index in [9.17, 15) is 5.11 Å². The van der Waals surface area contributed by atoms with E-state index < -0.39 is 0 Å². The summed E-state index contributed by atoms with van der Waals surface area (Å²) >= 11 is 0. The summed E-state index contributed by atoms with van der Waals surface area (Å²) < 4.78 is 0. The molecule has 0 aromatic heterocycles. The smallest absolute Gasteiger partial charge is 0.0465 e. The van der Waals surface area contributed by atoms with Crippen molar-refractivity contribution < 1.29 is 5.11 Å². The van der Waals surface area contributed by atoms with Gasteiger partial charge < -0.3 is 5.11 Å². The second-order valence-corrected chi connectivity index (χ2v) is 6.34. The van der Waals surface area contributed by atoms with Crippen LogP contribution in [0.5, 0.6) is 0 Å². The second kappa shape index (κ2) is 7.42. The minimum Gasteiger partial charge on any atom is -0.396 e. The molecule has 0 spiro atoms. The van der Waals surface area contributed by atoms with Gasteiger partial charge in [-0.25, -0.2) is 0 Å². The first-order valence-corrected chi connectivity index (χ1v) is 7.83. The lowest BCUT2D eigenvalue weighted by Gasteiger charge is -2.15. The molecular weight excluding hydrogens is 256 g/mol. The molecule has 21 heavy (non-hydrogen) atoms. The number of aliphatic hydroxyl groups is 1. The highest BCUT2D eigenvalue weighted by Crippen LogP contribution is 2.19. The minimum absolute atomic E-state index is 0.236. The summed E-state index contributed by atoms with van der Waals surface area (Å²) in [5.74, 6) is 0.858. The molecule has 1 unspecified atom stereocenters. The van der Waals surface area contributed by atoms with Gasteiger partial charge in [0.2, 0.25) is 0 Å². The molecule has 2 rings (SSSR count). The fourth-order valence-electron chi connectivity index (χ4n) is 2.75. The largest absolute Gasteiger partial charge is 0.396 e. The van der Waals surface area contributed by atoms with Gasteiger partial charge in [-0.15, -0.1) is 0 Å². The monoisotopic (exact) mass is 282 g/mol. The van der Waals surface area contributed by atoms with Crippen LogP contribution >= 0.6 is 0 Å². The lowest BCUT2D eigenvalue weighted by atomic mass is 9.91. The Morgan fingerprint density at radius 2 is 1.57 bits per heavy atom. The van der Waals surface area contributed by atoms with Gasteiger partial charge in [0.15, 0.2) is 0 Å². The molecule has 1 N–H and O–H groups in total. The Labute approximate surface area is 128 Å². The molecule has 0 aliphatic carbocycles. The van der Waals surface area contributed by atoms with Crippen molar-refractivity contribution >= 4 is 0 Å². The molecule has 2 aromatic rings. The predicted molar refractivity (Wildman–Crippen MR) is 89.7 cm³/mol. The molecule has 1 atom stereocenters. The van der Waals surface area contributed by atoms with Crippen molar-refractivity contribution in [3.63, 3.8) is 0 Å². The zero-order valence-electron chi connectivity index (χ0n) is 13.3. The zero-order valence-corrected chi connectivity index (χ0v) is 13.3. The van der Waals surface area contributed by atoms with Gasteiger partial charge in [-0.2, -0.15) is 0 Å². The van der Waals surface area contributed by atoms with Crippen molar-refractivity contribution in [1.29, 1.82) is 0 Å². The second-order valence-electron chi connectivity index (χ2n) is 6.34. The molecule has 0 aliphatic heterocycles. The Bertz CT molecular complexity index is 554. The molecule has 2 aromatic carbocycles. The van der Waals surface area contributed by atoms with E-state index in [-0.39, 0.29) is 12.5 Å². The number of aryl methyl sites for hydroxylation is 1. The summed E-state index contributed by atoms with van der Waals surface area (Å²) in [6.07, 6.45) is 1.87.